The van der Waals surface area contributed by atoms with Gasteiger partial charge in [0.2, 0.25) is 10.0 Å². The van der Waals surface area contributed by atoms with Gasteiger partial charge in [0.25, 0.3) is 5.56 Å². The number of sulfonamides is 1. The molecule has 3 aromatic rings. The Balaban J connectivity index is 1.58. The second-order valence-corrected chi connectivity index (χ2v) is 12.1. The quantitative estimate of drug-likeness (QED) is 0.367. The molecule has 0 spiro atoms. The first-order chi connectivity index (χ1) is 16.5. The number of benzene rings is 2. The Bertz CT molecular complexity index is 1380. The van der Waals surface area contributed by atoms with Gasteiger partial charge >= 0.3 is 0 Å². The average Bonchev–Trinajstić information content (AvgIpc) is 3.60. The summed E-state index contributed by atoms with van der Waals surface area (Å²) in [4.78, 5) is 15.9. The minimum absolute atomic E-state index is 0.169. The van der Waals surface area contributed by atoms with E-state index < -0.39 is 10.0 Å². The van der Waals surface area contributed by atoms with Gasteiger partial charge in [0.05, 0.1) is 35.1 Å². The van der Waals surface area contributed by atoms with Crippen LogP contribution in [0.4, 0.5) is 11.4 Å². The molecule has 1 unspecified atom stereocenters. The molecule has 188 valence electrons. The number of aromatic amines is 1. The van der Waals surface area contributed by atoms with E-state index in [1.165, 1.54) is 23.4 Å². The fourth-order valence-corrected chi connectivity index (χ4v) is 5.28. The van der Waals surface area contributed by atoms with Crippen LogP contribution in [0.25, 0.3) is 10.9 Å². The van der Waals surface area contributed by atoms with E-state index in [2.05, 4.69) is 10.3 Å². The number of hydrogen-bond donors (Lipinski definition) is 2. The number of rotatable bonds is 10. The number of aromatic nitrogens is 1. The molecule has 9 heteroatoms. The molecule has 0 bridgehead atoms. The number of ether oxygens (including phenoxy) is 1. The van der Waals surface area contributed by atoms with E-state index in [1.807, 2.05) is 39.0 Å². The fourth-order valence-electron chi connectivity index (χ4n) is 3.99. The monoisotopic (exact) mass is 517 g/mol. The molecule has 0 radical (unpaired) electrons. The molecule has 2 aromatic carbocycles. The van der Waals surface area contributed by atoms with Crippen LogP contribution in [0.1, 0.15) is 45.2 Å². The molecule has 1 aliphatic carbocycles. The van der Waals surface area contributed by atoms with Crippen LogP contribution in [-0.2, 0) is 10.0 Å². The van der Waals surface area contributed by atoms with E-state index in [9.17, 15) is 13.2 Å². The Kier molecular flexibility index (Phi) is 7.33. The number of anilines is 2. The van der Waals surface area contributed by atoms with Crippen molar-refractivity contribution in [1.82, 2.24) is 4.98 Å². The summed E-state index contributed by atoms with van der Waals surface area (Å²) in [5.41, 5.74) is 2.31. The summed E-state index contributed by atoms with van der Waals surface area (Å²) in [5, 5.41) is 4.65. The zero-order valence-corrected chi connectivity index (χ0v) is 22.0. The molecule has 1 fully saturated rings. The van der Waals surface area contributed by atoms with Crippen LogP contribution in [0.15, 0.2) is 47.3 Å². The van der Waals surface area contributed by atoms with Crippen molar-refractivity contribution < 1.29 is 13.2 Å². The van der Waals surface area contributed by atoms with Crippen LogP contribution < -0.4 is 19.9 Å². The number of nitrogens with zero attached hydrogens (tertiary/aromatic N) is 1. The highest BCUT2D eigenvalue weighted by Crippen LogP contribution is 2.34. The zero-order valence-electron chi connectivity index (χ0n) is 20.5. The second-order valence-electron chi connectivity index (χ2n) is 9.78. The predicted molar refractivity (Wildman–Crippen MR) is 143 cm³/mol. The normalized spacial score (nSPS) is 14.8. The van der Waals surface area contributed by atoms with E-state index in [0.717, 1.165) is 5.39 Å². The van der Waals surface area contributed by atoms with Crippen molar-refractivity contribution >= 4 is 43.9 Å². The first-order valence-corrected chi connectivity index (χ1v) is 14.1. The molecule has 4 rings (SSSR count). The van der Waals surface area contributed by atoms with Gasteiger partial charge < -0.3 is 15.0 Å². The standard InChI is InChI=1S/C26H32ClN3O4S/c1-16(2)14-30(35(4,32)33)21-7-5-6-20(12-21)28-17(3)22-10-19-11-23(27)25(34-15-18-8-9-18)13-24(19)29-26(22)31/h5-7,10-13,16-18,28H,8-9,14-15H2,1-4H3,(H,29,31). The second kappa shape index (κ2) is 10.1. The van der Waals surface area contributed by atoms with E-state index in [-0.39, 0.29) is 17.5 Å². The summed E-state index contributed by atoms with van der Waals surface area (Å²) in [5.74, 6) is 1.35. The molecule has 1 aromatic heterocycles. The minimum Gasteiger partial charge on any atom is -0.492 e. The molecule has 1 saturated carbocycles. The first-order valence-electron chi connectivity index (χ1n) is 11.8. The number of halogens is 1. The number of H-pyrrole nitrogens is 1. The Hall–Kier alpha value is -2.71. The third-order valence-corrected chi connectivity index (χ3v) is 7.47. The van der Waals surface area contributed by atoms with E-state index >= 15 is 0 Å². The summed E-state index contributed by atoms with van der Waals surface area (Å²) in [6, 6.07) is 12.3. The van der Waals surface area contributed by atoms with Gasteiger partial charge in [-0.3, -0.25) is 9.10 Å². The summed E-state index contributed by atoms with van der Waals surface area (Å²) < 4.78 is 32.0. The molecule has 7 nitrogen and oxygen atoms in total. The van der Waals surface area contributed by atoms with Gasteiger partial charge in [-0.05, 0) is 61.9 Å². The van der Waals surface area contributed by atoms with Crippen LogP contribution >= 0.6 is 11.6 Å². The minimum atomic E-state index is -3.43. The van der Waals surface area contributed by atoms with Crippen LogP contribution in [0.3, 0.4) is 0 Å². The van der Waals surface area contributed by atoms with E-state index in [1.54, 1.807) is 24.3 Å². The Morgan fingerprint density at radius 1 is 1.17 bits per heavy atom. The van der Waals surface area contributed by atoms with Crippen molar-refractivity contribution in [3.8, 4) is 5.75 Å². The Morgan fingerprint density at radius 3 is 2.57 bits per heavy atom. The van der Waals surface area contributed by atoms with Gasteiger partial charge in [0, 0.05) is 29.2 Å². The summed E-state index contributed by atoms with van der Waals surface area (Å²) in [6.45, 7) is 6.86. The van der Waals surface area contributed by atoms with E-state index in [0.29, 0.717) is 52.3 Å². The highest BCUT2D eigenvalue weighted by molar-refractivity contribution is 7.92. The number of fused-ring (bicyclic) bond motifs is 1. The molecule has 35 heavy (non-hydrogen) atoms. The molecule has 0 aliphatic heterocycles. The van der Waals surface area contributed by atoms with Crippen molar-refractivity contribution in [2.45, 2.75) is 39.7 Å². The molecule has 0 amide bonds. The van der Waals surface area contributed by atoms with Crippen molar-refractivity contribution in [2.75, 3.05) is 29.0 Å². The molecule has 1 atom stereocenters. The largest absolute Gasteiger partial charge is 0.492 e. The van der Waals surface area contributed by atoms with Crippen molar-refractivity contribution in [1.29, 1.82) is 0 Å². The predicted octanol–water partition coefficient (Wildman–Crippen LogP) is 5.57. The summed E-state index contributed by atoms with van der Waals surface area (Å²) in [7, 11) is -3.43. The lowest BCUT2D eigenvalue weighted by atomic mass is 10.1. The highest BCUT2D eigenvalue weighted by atomic mass is 35.5. The van der Waals surface area contributed by atoms with Crippen molar-refractivity contribution in [3.63, 3.8) is 0 Å². The van der Waals surface area contributed by atoms with Gasteiger partial charge in [0.15, 0.2) is 0 Å². The van der Waals surface area contributed by atoms with E-state index in [4.69, 9.17) is 16.3 Å². The fraction of sp³-hybridized carbons (Fsp3) is 0.423. The maximum absolute atomic E-state index is 12.9. The summed E-state index contributed by atoms with van der Waals surface area (Å²) >= 11 is 6.44. The number of hydrogen-bond acceptors (Lipinski definition) is 5. The lowest BCUT2D eigenvalue weighted by molar-refractivity contribution is 0.300. The molecule has 0 saturated heterocycles. The number of pyridine rings is 1. The van der Waals surface area contributed by atoms with Gasteiger partial charge in [-0.1, -0.05) is 31.5 Å². The Labute approximate surface area is 211 Å². The zero-order chi connectivity index (χ0) is 25.3. The number of nitrogens with one attached hydrogen (secondary N) is 2. The van der Waals surface area contributed by atoms with Crippen LogP contribution in [-0.4, -0.2) is 32.8 Å². The maximum atomic E-state index is 12.9. The molecule has 1 aliphatic rings. The van der Waals surface area contributed by atoms with Gasteiger partial charge in [-0.15, -0.1) is 0 Å². The first kappa shape index (κ1) is 25.4. The molecular formula is C26H32ClN3O4S. The summed E-state index contributed by atoms with van der Waals surface area (Å²) in [6.07, 6.45) is 3.58. The van der Waals surface area contributed by atoms with Gasteiger partial charge in [-0.2, -0.15) is 0 Å². The Morgan fingerprint density at radius 2 is 1.91 bits per heavy atom. The van der Waals surface area contributed by atoms with Crippen molar-refractivity contribution in [3.05, 3.63) is 63.4 Å². The van der Waals surface area contributed by atoms with Gasteiger partial charge in [-0.25, -0.2) is 8.42 Å². The molecule has 2 N–H and O–H groups in total. The maximum Gasteiger partial charge on any atom is 0.253 e. The van der Waals surface area contributed by atoms with Crippen LogP contribution in [0.2, 0.25) is 5.02 Å². The lowest BCUT2D eigenvalue weighted by Crippen LogP contribution is -2.33. The third kappa shape index (κ3) is 6.30. The molecular weight excluding hydrogens is 486 g/mol. The third-order valence-electron chi connectivity index (χ3n) is 6.01. The lowest BCUT2D eigenvalue weighted by Gasteiger charge is -2.25. The van der Waals surface area contributed by atoms with Crippen molar-refractivity contribution in [2.24, 2.45) is 11.8 Å². The smallest absolute Gasteiger partial charge is 0.253 e. The van der Waals surface area contributed by atoms with Crippen LogP contribution in [0, 0.1) is 11.8 Å². The average molecular weight is 518 g/mol. The SMILES string of the molecule is CC(C)CN(c1cccc(NC(C)c2cc3cc(Cl)c(OCC4CC4)cc3[nH]c2=O)c1)S(C)(=O)=O. The van der Waals surface area contributed by atoms with Crippen LogP contribution in [0.5, 0.6) is 5.75 Å². The van der Waals surface area contributed by atoms with Gasteiger partial charge in [0.1, 0.15) is 5.75 Å². The topological polar surface area (TPSA) is 91.5 Å². The molecule has 1 heterocycles. The highest BCUT2D eigenvalue weighted by Gasteiger charge is 2.23.